The maximum atomic E-state index is 12.3. The van der Waals surface area contributed by atoms with Gasteiger partial charge >= 0.3 is 6.09 Å². The van der Waals surface area contributed by atoms with Gasteiger partial charge < -0.3 is 29.4 Å². The summed E-state index contributed by atoms with van der Waals surface area (Å²) >= 11 is 0. The van der Waals surface area contributed by atoms with Crippen molar-refractivity contribution in [1.82, 2.24) is 15.2 Å². The summed E-state index contributed by atoms with van der Waals surface area (Å²) in [6, 6.07) is 23.9. The average Bonchev–Trinajstić information content (AvgIpc) is 3.86. The minimum atomic E-state index is -1.00. The first-order valence-electron chi connectivity index (χ1n) is 14.5. The number of methoxy groups -OCH3 is 2. The number of ether oxygens (including phenoxy) is 4. The minimum Gasteiger partial charge on any atom is -0.497 e. The van der Waals surface area contributed by atoms with Crippen LogP contribution >= 0.6 is 0 Å². The van der Waals surface area contributed by atoms with Crippen LogP contribution in [0.15, 0.2) is 85.1 Å². The standard InChI is InChI=1S/C35H33N3O7/c1-36-33(39)27-6-4-5-23-17-25(11-12-26(23)27)45-30-13-16-37-29-19-32(31(43-3)18-28(29)30)44-21-35(14-15-35)38(34(40)41)20-22-7-9-24(42-2)10-8-22/h4-13,16-19H,14-15,20-21H2,1-3H3,(H,36,39)(H,40,41). The Labute approximate surface area is 260 Å². The van der Waals surface area contributed by atoms with Gasteiger partial charge in [0.25, 0.3) is 5.91 Å². The molecule has 2 amide bonds. The van der Waals surface area contributed by atoms with Crippen molar-refractivity contribution < 1.29 is 33.6 Å². The summed E-state index contributed by atoms with van der Waals surface area (Å²) in [5.41, 5.74) is 1.44. The van der Waals surface area contributed by atoms with Crippen LogP contribution in [0.2, 0.25) is 0 Å². The third-order valence-electron chi connectivity index (χ3n) is 8.17. The second-order valence-electron chi connectivity index (χ2n) is 10.9. The molecule has 1 fully saturated rings. The lowest BCUT2D eigenvalue weighted by molar-refractivity contribution is 0.0878. The molecule has 4 aromatic carbocycles. The van der Waals surface area contributed by atoms with Gasteiger partial charge in [-0.15, -0.1) is 0 Å². The van der Waals surface area contributed by atoms with Crippen molar-refractivity contribution in [2.45, 2.75) is 24.9 Å². The summed E-state index contributed by atoms with van der Waals surface area (Å²) in [5, 5.41) is 15.2. The number of fused-ring (bicyclic) bond motifs is 2. The molecule has 1 aromatic heterocycles. The summed E-state index contributed by atoms with van der Waals surface area (Å²) in [6.45, 7) is 0.407. The second-order valence-corrected chi connectivity index (χ2v) is 10.9. The van der Waals surface area contributed by atoms with E-state index in [-0.39, 0.29) is 19.1 Å². The quantitative estimate of drug-likeness (QED) is 0.171. The molecule has 1 aliphatic carbocycles. The van der Waals surface area contributed by atoms with Gasteiger partial charge in [0.1, 0.15) is 23.9 Å². The SMILES string of the molecule is CNC(=O)c1cccc2cc(Oc3ccnc4cc(OCC5(N(Cc6ccc(OC)cc6)C(=O)O)CC5)c(OC)cc34)ccc12. The van der Waals surface area contributed by atoms with Gasteiger partial charge in [-0.25, -0.2) is 4.79 Å². The van der Waals surface area contributed by atoms with Gasteiger partial charge in [-0.2, -0.15) is 0 Å². The molecule has 10 nitrogen and oxygen atoms in total. The van der Waals surface area contributed by atoms with Crippen molar-refractivity contribution in [3.63, 3.8) is 0 Å². The van der Waals surface area contributed by atoms with Crippen molar-refractivity contribution in [1.29, 1.82) is 0 Å². The van der Waals surface area contributed by atoms with Crippen molar-refractivity contribution in [2.24, 2.45) is 0 Å². The van der Waals surface area contributed by atoms with Crippen LogP contribution in [0.5, 0.6) is 28.7 Å². The fourth-order valence-electron chi connectivity index (χ4n) is 5.47. The number of carboxylic acid groups (broad SMARTS) is 1. The maximum absolute atomic E-state index is 12.3. The molecule has 0 bridgehead atoms. The van der Waals surface area contributed by atoms with Gasteiger partial charge in [0.05, 0.1) is 25.3 Å². The van der Waals surface area contributed by atoms with Crippen LogP contribution in [0.25, 0.3) is 21.7 Å². The molecular weight excluding hydrogens is 574 g/mol. The second kappa shape index (κ2) is 12.2. The lowest BCUT2D eigenvalue weighted by Gasteiger charge is -2.30. The first-order chi connectivity index (χ1) is 21.8. The van der Waals surface area contributed by atoms with Crippen molar-refractivity contribution in [2.75, 3.05) is 27.9 Å². The van der Waals surface area contributed by atoms with Crippen molar-refractivity contribution >= 4 is 33.7 Å². The summed E-state index contributed by atoms with van der Waals surface area (Å²) in [5.74, 6) is 2.67. The van der Waals surface area contributed by atoms with E-state index in [4.69, 9.17) is 18.9 Å². The highest BCUT2D eigenvalue weighted by Crippen LogP contribution is 2.45. The number of nitrogens with zero attached hydrogens (tertiary/aromatic N) is 2. The third kappa shape index (κ3) is 5.99. The third-order valence-corrected chi connectivity index (χ3v) is 8.17. The van der Waals surface area contributed by atoms with E-state index in [1.807, 2.05) is 60.7 Å². The first-order valence-corrected chi connectivity index (χ1v) is 14.5. The molecule has 0 saturated heterocycles. The number of carbonyl (C=O) groups excluding carboxylic acids is 1. The van der Waals surface area contributed by atoms with Crippen LogP contribution in [-0.4, -0.2) is 60.4 Å². The lowest BCUT2D eigenvalue weighted by Crippen LogP contribution is -2.44. The molecule has 0 atom stereocenters. The number of hydrogen-bond acceptors (Lipinski definition) is 7. The molecule has 0 spiro atoms. The molecule has 0 aliphatic heterocycles. The van der Waals surface area contributed by atoms with Gasteiger partial charge in [-0.3, -0.25) is 14.7 Å². The van der Waals surface area contributed by atoms with E-state index in [0.29, 0.717) is 58.1 Å². The zero-order chi connectivity index (χ0) is 31.6. The highest BCUT2D eigenvalue weighted by atomic mass is 16.5. The van der Waals surface area contributed by atoms with E-state index in [0.717, 1.165) is 16.3 Å². The Morgan fingerprint density at radius 3 is 2.36 bits per heavy atom. The molecule has 2 N–H and O–H groups in total. The zero-order valence-electron chi connectivity index (χ0n) is 25.2. The van der Waals surface area contributed by atoms with Crippen molar-refractivity contribution in [3.05, 3.63) is 96.2 Å². The predicted octanol–water partition coefficient (Wildman–Crippen LogP) is 6.65. The van der Waals surface area contributed by atoms with E-state index in [1.54, 1.807) is 45.7 Å². The molecule has 6 rings (SSSR count). The van der Waals surface area contributed by atoms with Gasteiger partial charge in [-0.05, 0) is 77.7 Å². The Kier molecular flexibility index (Phi) is 8.04. The number of carbonyl (C=O) groups is 2. The number of benzene rings is 4. The Hall–Kier alpha value is -5.51. The number of rotatable bonds is 11. The molecule has 10 heteroatoms. The highest BCUT2D eigenvalue weighted by molar-refractivity contribution is 6.07. The Morgan fingerprint density at radius 1 is 0.889 bits per heavy atom. The molecule has 230 valence electrons. The monoisotopic (exact) mass is 607 g/mol. The van der Waals surface area contributed by atoms with E-state index in [1.165, 1.54) is 4.90 Å². The van der Waals surface area contributed by atoms with E-state index in [9.17, 15) is 14.7 Å². The number of nitrogens with one attached hydrogen (secondary N) is 1. The largest absolute Gasteiger partial charge is 0.497 e. The topological polar surface area (TPSA) is 119 Å². The van der Waals surface area contributed by atoms with E-state index < -0.39 is 11.6 Å². The van der Waals surface area contributed by atoms with Crippen molar-refractivity contribution in [3.8, 4) is 28.7 Å². The van der Waals surface area contributed by atoms with Crippen LogP contribution in [-0.2, 0) is 6.54 Å². The van der Waals surface area contributed by atoms with E-state index in [2.05, 4.69) is 10.3 Å². The summed E-state index contributed by atoms with van der Waals surface area (Å²) in [7, 11) is 4.76. The van der Waals surface area contributed by atoms with E-state index >= 15 is 0 Å². The molecule has 0 unspecified atom stereocenters. The van der Waals surface area contributed by atoms with Crippen LogP contribution in [0.4, 0.5) is 4.79 Å². The smallest absolute Gasteiger partial charge is 0.408 e. The minimum absolute atomic E-state index is 0.153. The summed E-state index contributed by atoms with van der Waals surface area (Å²) in [6.07, 6.45) is 2.04. The number of aromatic nitrogens is 1. The molecule has 5 aromatic rings. The summed E-state index contributed by atoms with van der Waals surface area (Å²) in [4.78, 5) is 30.6. The lowest BCUT2D eigenvalue weighted by atomic mass is 10.0. The predicted molar refractivity (Wildman–Crippen MR) is 170 cm³/mol. The summed E-state index contributed by atoms with van der Waals surface area (Å²) < 4.78 is 23.5. The van der Waals surface area contributed by atoms with Crippen LogP contribution < -0.4 is 24.3 Å². The van der Waals surface area contributed by atoms with Crippen LogP contribution in [0.1, 0.15) is 28.8 Å². The Balaban J connectivity index is 1.23. The molecular formula is C35H33N3O7. The van der Waals surface area contributed by atoms with Gasteiger partial charge in [-0.1, -0.05) is 24.3 Å². The van der Waals surface area contributed by atoms with Crippen LogP contribution in [0.3, 0.4) is 0 Å². The fraction of sp³-hybridized carbons (Fsp3) is 0.229. The van der Waals surface area contributed by atoms with Gasteiger partial charge in [0.2, 0.25) is 0 Å². The first kappa shape index (κ1) is 29.6. The molecule has 1 heterocycles. The maximum Gasteiger partial charge on any atom is 0.408 e. The van der Waals surface area contributed by atoms with Crippen LogP contribution in [0, 0.1) is 0 Å². The molecule has 1 aliphatic rings. The number of hydrogen-bond donors (Lipinski definition) is 2. The normalized spacial score (nSPS) is 13.2. The fourth-order valence-corrected chi connectivity index (χ4v) is 5.47. The highest BCUT2D eigenvalue weighted by Gasteiger charge is 2.51. The molecule has 45 heavy (non-hydrogen) atoms. The van der Waals surface area contributed by atoms with Gasteiger partial charge in [0.15, 0.2) is 11.5 Å². The van der Waals surface area contributed by atoms with Gasteiger partial charge in [0, 0.05) is 36.8 Å². The molecule has 0 radical (unpaired) electrons. The number of amides is 2. The Bertz CT molecular complexity index is 1890. The zero-order valence-corrected chi connectivity index (χ0v) is 25.2. The Morgan fingerprint density at radius 2 is 1.67 bits per heavy atom. The number of pyridine rings is 1. The average molecular weight is 608 g/mol. The molecule has 1 saturated carbocycles.